The third kappa shape index (κ3) is 5.27. The third-order valence-electron chi connectivity index (χ3n) is 2.66. The second-order valence-corrected chi connectivity index (χ2v) is 5.30. The number of hydrogen-bond donors (Lipinski definition) is 1. The Bertz CT molecular complexity index is 365. The van der Waals surface area contributed by atoms with Gasteiger partial charge in [-0.25, -0.2) is 0 Å². The molecule has 0 spiro atoms. The van der Waals surface area contributed by atoms with Gasteiger partial charge in [0.15, 0.2) is 0 Å². The van der Waals surface area contributed by atoms with E-state index in [1.54, 1.807) is 12.1 Å². The van der Waals surface area contributed by atoms with Crippen molar-refractivity contribution in [1.29, 1.82) is 0 Å². The zero-order valence-electron chi connectivity index (χ0n) is 10.7. The van der Waals surface area contributed by atoms with Crippen LogP contribution in [-0.2, 0) is 5.41 Å². The normalized spacial score (nSPS) is 13.9. The largest absolute Gasteiger partial charge is 0.390 e. The number of alkyl halides is 3. The van der Waals surface area contributed by atoms with Crippen LogP contribution < -0.4 is 5.73 Å². The summed E-state index contributed by atoms with van der Waals surface area (Å²) in [7, 11) is 0. The van der Waals surface area contributed by atoms with Crippen LogP contribution in [-0.4, -0.2) is 6.18 Å². The fraction of sp³-hybridized carbons (Fsp3) is 0.538. The van der Waals surface area contributed by atoms with Crippen molar-refractivity contribution in [3.63, 3.8) is 0 Å². The fourth-order valence-electron chi connectivity index (χ4n) is 1.60. The molecule has 0 aliphatic carbocycles. The maximum Gasteiger partial charge on any atom is 0.390 e. The van der Waals surface area contributed by atoms with E-state index in [9.17, 15) is 13.2 Å². The quantitative estimate of drug-likeness (QED) is 0.856. The minimum absolute atomic E-state index is 0. The molecule has 0 heterocycles. The molecule has 1 aromatic carbocycles. The Morgan fingerprint density at radius 3 is 1.83 bits per heavy atom. The van der Waals surface area contributed by atoms with Crippen LogP contribution >= 0.6 is 12.4 Å². The second kappa shape index (κ2) is 5.93. The van der Waals surface area contributed by atoms with Crippen LogP contribution in [0.3, 0.4) is 0 Å². The minimum atomic E-state index is -4.22. The monoisotopic (exact) mass is 281 g/mol. The van der Waals surface area contributed by atoms with E-state index in [0.717, 1.165) is 5.56 Å². The van der Waals surface area contributed by atoms with Crippen LogP contribution in [0.15, 0.2) is 24.3 Å². The molecule has 2 N–H and O–H groups in total. The summed E-state index contributed by atoms with van der Waals surface area (Å²) >= 11 is 0. The van der Waals surface area contributed by atoms with E-state index in [-0.39, 0.29) is 17.8 Å². The zero-order valence-corrected chi connectivity index (χ0v) is 11.5. The molecule has 1 nitrogen and oxygen atoms in total. The van der Waals surface area contributed by atoms with Gasteiger partial charge in [-0.15, -0.1) is 12.4 Å². The van der Waals surface area contributed by atoms with Crippen molar-refractivity contribution >= 4 is 12.4 Å². The first-order chi connectivity index (χ1) is 7.59. The number of rotatable bonds is 2. The van der Waals surface area contributed by atoms with Gasteiger partial charge >= 0.3 is 6.18 Å². The highest BCUT2D eigenvalue weighted by molar-refractivity contribution is 5.85. The number of halogens is 4. The Hall–Kier alpha value is -0.740. The Morgan fingerprint density at radius 2 is 1.50 bits per heavy atom. The molecule has 0 saturated carbocycles. The molecular weight excluding hydrogens is 263 g/mol. The highest BCUT2D eigenvalue weighted by Gasteiger charge is 2.30. The zero-order chi connectivity index (χ0) is 13.3. The highest BCUT2D eigenvalue weighted by Crippen LogP contribution is 2.29. The number of hydrogen-bond acceptors (Lipinski definition) is 1. The number of benzene rings is 1. The SMILES string of the molecule is CC(C)(C)c1ccc([C@@H](N)CC(F)(F)F)cc1.Cl. The summed E-state index contributed by atoms with van der Waals surface area (Å²) in [6, 6.07) is 6.05. The van der Waals surface area contributed by atoms with Crippen molar-refractivity contribution < 1.29 is 13.2 Å². The highest BCUT2D eigenvalue weighted by atomic mass is 35.5. The average Bonchev–Trinajstić information content (AvgIpc) is 2.14. The van der Waals surface area contributed by atoms with Gasteiger partial charge < -0.3 is 5.73 Å². The molecule has 0 aromatic heterocycles. The van der Waals surface area contributed by atoms with E-state index in [0.29, 0.717) is 5.56 Å². The van der Waals surface area contributed by atoms with Gasteiger partial charge in [-0.3, -0.25) is 0 Å². The minimum Gasteiger partial charge on any atom is -0.324 e. The van der Waals surface area contributed by atoms with Crippen LogP contribution in [0.2, 0.25) is 0 Å². The summed E-state index contributed by atoms with van der Waals surface area (Å²) in [5.74, 6) is 0. The predicted molar refractivity (Wildman–Crippen MR) is 70.0 cm³/mol. The van der Waals surface area contributed by atoms with Crippen molar-refractivity contribution in [3.05, 3.63) is 35.4 Å². The second-order valence-electron chi connectivity index (χ2n) is 5.30. The van der Waals surface area contributed by atoms with Crippen LogP contribution in [0.25, 0.3) is 0 Å². The lowest BCUT2D eigenvalue weighted by atomic mass is 9.86. The van der Waals surface area contributed by atoms with Crippen molar-refractivity contribution in [2.75, 3.05) is 0 Å². The molecule has 1 atom stereocenters. The van der Waals surface area contributed by atoms with Gasteiger partial charge in [0.25, 0.3) is 0 Å². The Balaban J connectivity index is 0.00000289. The standard InChI is InChI=1S/C13H18F3N.ClH/c1-12(2,3)10-6-4-9(5-7-10)11(17)8-13(14,15)16;/h4-7,11H,8,17H2,1-3H3;1H/t11-;/m0./s1. The van der Waals surface area contributed by atoms with Gasteiger partial charge in [0, 0.05) is 6.04 Å². The number of nitrogens with two attached hydrogens (primary N) is 1. The van der Waals surface area contributed by atoms with E-state index >= 15 is 0 Å². The molecule has 0 amide bonds. The molecule has 0 fully saturated rings. The van der Waals surface area contributed by atoms with E-state index in [1.165, 1.54) is 0 Å². The Labute approximate surface area is 112 Å². The average molecular weight is 282 g/mol. The van der Waals surface area contributed by atoms with Crippen molar-refractivity contribution in [3.8, 4) is 0 Å². The van der Waals surface area contributed by atoms with Gasteiger partial charge in [-0.05, 0) is 16.5 Å². The van der Waals surface area contributed by atoms with E-state index in [4.69, 9.17) is 5.73 Å². The smallest absolute Gasteiger partial charge is 0.324 e. The molecule has 0 unspecified atom stereocenters. The fourth-order valence-corrected chi connectivity index (χ4v) is 1.60. The molecule has 0 saturated heterocycles. The van der Waals surface area contributed by atoms with Gasteiger partial charge in [0.05, 0.1) is 6.42 Å². The van der Waals surface area contributed by atoms with Crippen LogP contribution in [0.5, 0.6) is 0 Å². The first-order valence-electron chi connectivity index (χ1n) is 5.52. The van der Waals surface area contributed by atoms with Gasteiger partial charge in [-0.2, -0.15) is 13.2 Å². The first-order valence-corrected chi connectivity index (χ1v) is 5.52. The summed E-state index contributed by atoms with van der Waals surface area (Å²) in [5, 5.41) is 0. The topological polar surface area (TPSA) is 26.0 Å². The lowest BCUT2D eigenvalue weighted by Crippen LogP contribution is -2.20. The maximum absolute atomic E-state index is 12.2. The third-order valence-corrected chi connectivity index (χ3v) is 2.66. The molecular formula is C13H19ClF3N. The molecule has 0 aliphatic rings. The summed E-state index contributed by atoms with van der Waals surface area (Å²) in [6.45, 7) is 6.16. The summed E-state index contributed by atoms with van der Waals surface area (Å²) in [6.07, 6.45) is -5.20. The van der Waals surface area contributed by atoms with E-state index in [1.807, 2.05) is 12.1 Å². The van der Waals surface area contributed by atoms with Gasteiger partial charge in [0.2, 0.25) is 0 Å². The van der Waals surface area contributed by atoms with Crippen molar-refractivity contribution in [2.24, 2.45) is 5.73 Å². The molecule has 5 heteroatoms. The summed E-state index contributed by atoms with van der Waals surface area (Å²) in [5.41, 5.74) is 7.12. The van der Waals surface area contributed by atoms with E-state index in [2.05, 4.69) is 20.8 Å². The molecule has 0 bridgehead atoms. The molecule has 0 aliphatic heterocycles. The summed E-state index contributed by atoms with van der Waals surface area (Å²) < 4.78 is 36.5. The van der Waals surface area contributed by atoms with Crippen molar-refractivity contribution in [2.45, 2.75) is 44.8 Å². The molecule has 1 rings (SSSR count). The van der Waals surface area contributed by atoms with Crippen LogP contribution in [0.4, 0.5) is 13.2 Å². The Kier molecular flexibility index (Phi) is 5.69. The maximum atomic E-state index is 12.2. The molecule has 0 radical (unpaired) electrons. The summed E-state index contributed by atoms with van der Waals surface area (Å²) in [4.78, 5) is 0. The van der Waals surface area contributed by atoms with Crippen molar-refractivity contribution in [1.82, 2.24) is 0 Å². The van der Waals surface area contributed by atoms with Gasteiger partial charge in [-0.1, -0.05) is 45.0 Å². The van der Waals surface area contributed by atoms with Crippen LogP contribution in [0, 0.1) is 0 Å². The van der Waals surface area contributed by atoms with Gasteiger partial charge in [0.1, 0.15) is 0 Å². The first kappa shape index (κ1) is 17.3. The Morgan fingerprint density at radius 1 is 1.06 bits per heavy atom. The molecule has 104 valence electrons. The lowest BCUT2D eigenvalue weighted by Gasteiger charge is -2.20. The predicted octanol–water partition coefficient (Wildman–Crippen LogP) is 4.36. The lowest BCUT2D eigenvalue weighted by molar-refractivity contribution is -0.138. The van der Waals surface area contributed by atoms with E-state index < -0.39 is 18.6 Å². The molecule has 1 aromatic rings. The molecule has 18 heavy (non-hydrogen) atoms. The van der Waals surface area contributed by atoms with Crippen LogP contribution in [0.1, 0.15) is 44.4 Å².